The molecule has 1 amide bonds. The highest BCUT2D eigenvalue weighted by molar-refractivity contribution is 7.89. The Hall–Kier alpha value is -9.03. The summed E-state index contributed by atoms with van der Waals surface area (Å²) in [5, 5.41) is 13.3. The van der Waals surface area contributed by atoms with Crippen LogP contribution in [0.3, 0.4) is 0 Å². The van der Waals surface area contributed by atoms with Crippen LogP contribution >= 0.6 is 0 Å². The molecule has 5 aliphatic heterocycles. The van der Waals surface area contributed by atoms with Crippen LogP contribution in [0.1, 0.15) is 266 Å². The summed E-state index contributed by atoms with van der Waals surface area (Å²) in [5.74, 6) is 2.17. The van der Waals surface area contributed by atoms with Crippen molar-refractivity contribution in [3.05, 3.63) is 201 Å². The van der Waals surface area contributed by atoms with Crippen molar-refractivity contribution >= 4 is 53.9 Å². The lowest BCUT2D eigenvalue weighted by atomic mass is 10.0. The monoisotopic (exact) mass is 2050 g/mol. The van der Waals surface area contributed by atoms with E-state index < -0.39 is 26.5 Å². The van der Waals surface area contributed by atoms with Gasteiger partial charge < -0.3 is 43.3 Å². The zero-order chi connectivity index (χ0) is 111. The standard InChI is InChI=1S/C14H21N3O.C12H16N2O.C11H16N2O2S.C9H10N2.C9H12O3.C8H12N2O.C8H11NO2S.C5H6F2N2.8C5H12/c1-2-14(12-15-5-1)17-8-6-16(7-9-17)13-3-10-18-11-4-13;1-11(15)13-7-9-14(10-8-13)12-5-3-2-4-6-12;1-16(14,15)13-9-7-12(8-10-13)11-5-3-2-4-6-11;1-7-8-5-3-4-6-9(8)11(2)10-7;1-10-7-5-4-6-8(11-2)9(7)12-3;1-4-9-10(5-1)8-2-6-11-7-3-8;1-9(2)12(10,11)8-6-4-3-5-7-8;6-5(7)4-9-3-1-2-8-9;8*1-5(2,3)4/h1-2,5,12-13H,3-4,6-11H2;2-6H,7-10H2,1H3;2-6H,7-10H2,1H3;3-6H,1-2H3;4-6H,1-3H3;1,4-5,8H,2-3,6-7H2;3-7H,1-2H3;1-3,5H,4H2;8*1-4H3. The van der Waals surface area contributed by atoms with Crippen molar-refractivity contribution in [2.24, 2.45) is 50.4 Å². The molecule has 0 aliphatic carbocycles. The van der Waals surface area contributed by atoms with Crippen LogP contribution < -0.4 is 28.9 Å². The number of pyridine rings is 1. The van der Waals surface area contributed by atoms with E-state index in [1.54, 1.807) is 64.7 Å². The van der Waals surface area contributed by atoms with Gasteiger partial charge in [-0.3, -0.25) is 28.7 Å². The Morgan fingerprint density at radius 2 is 0.785 bits per heavy atom. The number of benzene rings is 5. The molecule has 9 aromatic rings. The third-order valence-corrected chi connectivity index (χ3v) is 20.9. The number of alkyl halides is 2. The predicted octanol–water partition coefficient (Wildman–Crippen LogP) is 26.8. The van der Waals surface area contributed by atoms with E-state index in [2.05, 4.69) is 304 Å². The second-order valence-corrected chi connectivity index (χ2v) is 53.0. The molecule has 24 nitrogen and oxygen atoms in total. The summed E-state index contributed by atoms with van der Waals surface area (Å²) >= 11 is 0. The van der Waals surface area contributed by atoms with Gasteiger partial charge in [0.25, 0.3) is 6.43 Å². The van der Waals surface area contributed by atoms with Crippen LogP contribution in [0.4, 0.5) is 25.8 Å². The lowest BCUT2D eigenvalue weighted by Gasteiger charge is -2.41. The van der Waals surface area contributed by atoms with Crippen LogP contribution in [-0.2, 0) is 47.9 Å². The number of fused-ring (bicyclic) bond motifs is 1. The quantitative estimate of drug-likeness (QED) is 0.105. The van der Waals surface area contributed by atoms with Gasteiger partial charge in [0, 0.05) is 187 Å². The minimum atomic E-state index is -3.24. The lowest BCUT2D eigenvalue weighted by Crippen LogP contribution is -2.51. The third-order valence-electron chi connectivity index (χ3n) is 17.7. The first kappa shape index (κ1) is 137. The first-order valence-electron chi connectivity index (χ1n) is 50.9. The van der Waals surface area contributed by atoms with E-state index in [-0.39, 0.29) is 12.5 Å². The molecule has 0 atom stereocenters. The maximum Gasteiger partial charge on any atom is 0.257 e. The summed E-state index contributed by atoms with van der Waals surface area (Å²) in [6, 6.07) is 51.6. The second kappa shape index (κ2) is 69.2. The van der Waals surface area contributed by atoms with Crippen LogP contribution in [-0.4, -0.2) is 235 Å². The highest BCUT2D eigenvalue weighted by Gasteiger charge is 2.27. The van der Waals surface area contributed by atoms with Crippen molar-refractivity contribution in [1.29, 1.82) is 0 Å². The van der Waals surface area contributed by atoms with Crippen molar-refractivity contribution in [3.8, 4) is 17.2 Å². The van der Waals surface area contributed by atoms with Gasteiger partial charge in [-0.05, 0) is 155 Å². The number of piperazine rings is 3. The van der Waals surface area contributed by atoms with Crippen molar-refractivity contribution in [1.82, 2.24) is 52.7 Å². The van der Waals surface area contributed by atoms with Gasteiger partial charge in [-0.1, -0.05) is 300 Å². The molecule has 5 saturated heterocycles. The fourth-order valence-electron chi connectivity index (χ4n) is 12.0. The van der Waals surface area contributed by atoms with Crippen LogP contribution in [0.15, 0.2) is 200 Å². The van der Waals surface area contributed by atoms with Crippen LogP contribution in [0.2, 0.25) is 0 Å². The van der Waals surface area contributed by atoms with E-state index >= 15 is 0 Å². The molecule has 820 valence electrons. The zero-order valence-electron chi connectivity index (χ0n) is 97.5. The Bertz CT molecular complexity index is 4660. The first-order chi connectivity index (χ1) is 66.2. The smallest absolute Gasteiger partial charge is 0.257 e. The number of para-hydroxylation sites is 4. The van der Waals surface area contributed by atoms with Gasteiger partial charge in [0.05, 0.1) is 61.6 Å². The number of hydrogen-bond donors (Lipinski definition) is 0. The number of amides is 1. The van der Waals surface area contributed by atoms with E-state index in [9.17, 15) is 30.4 Å². The van der Waals surface area contributed by atoms with Crippen molar-refractivity contribution in [3.63, 3.8) is 0 Å². The van der Waals surface area contributed by atoms with Crippen LogP contribution in [0, 0.1) is 50.2 Å². The second-order valence-electron chi connectivity index (χ2n) is 48.9. The Kier molecular flexibility index (Phi) is 65.9. The van der Waals surface area contributed by atoms with E-state index in [1.165, 1.54) is 94.2 Å². The van der Waals surface area contributed by atoms with Gasteiger partial charge in [0.1, 0.15) is 6.54 Å². The molecule has 28 heteroatoms. The number of rotatable bonds is 13. The van der Waals surface area contributed by atoms with Crippen molar-refractivity contribution in [2.45, 2.75) is 291 Å². The normalized spacial score (nSPS) is 14.8. The molecule has 0 saturated carbocycles. The molecule has 0 bridgehead atoms. The van der Waals surface area contributed by atoms with E-state index in [0.29, 0.717) is 84.6 Å². The molecule has 0 spiro atoms. The molecular formula is C116H200F2N14O10S2. The maximum absolute atomic E-state index is 11.5. The van der Waals surface area contributed by atoms with Gasteiger partial charge in [0.2, 0.25) is 31.7 Å². The van der Waals surface area contributed by atoms with Crippen LogP contribution in [0.25, 0.3) is 10.9 Å². The van der Waals surface area contributed by atoms with Crippen molar-refractivity contribution < 1.29 is 54.1 Å². The molecule has 0 unspecified atom stereocenters. The SMILES string of the molecule is CC(=O)N1CCN(c2ccccc2)CC1.CC(C)(C)C.CC(C)(C)C.CC(C)(C)C.CC(C)(C)C.CC(C)(C)C.CC(C)(C)C.CC(C)(C)C.CC(C)(C)C.CN(C)S(=O)(=O)c1ccccc1.COc1cccc(OC)c1OC.CS(=O)(=O)N1CCN(c2ccccc2)CC1.Cc1nn(C)c2ccccc12.FC(F)Cn1cccn1.c1cncc(N2CCN(C3CCOCC3)CC2)c1.c1cnn(C2CCOCC2)c1. The van der Waals surface area contributed by atoms with E-state index in [1.807, 2.05) is 132 Å². The number of aryl methyl sites for hydroxylation is 2. The molecule has 5 fully saturated rings. The summed E-state index contributed by atoms with van der Waals surface area (Å²) in [7, 11) is 3.50. The number of ether oxygens (including phenoxy) is 5. The molecule has 5 aliphatic rings. The fraction of sp³-hybridized carbons (Fsp3) is 0.629. The highest BCUT2D eigenvalue weighted by Crippen LogP contribution is 2.36. The number of methoxy groups -OCH3 is 3. The molecule has 14 rings (SSSR count). The van der Waals surface area contributed by atoms with E-state index in [0.717, 1.165) is 109 Å². The number of hydrogen-bond acceptors (Lipinski definition) is 18. The molecule has 144 heavy (non-hydrogen) atoms. The minimum Gasteiger partial charge on any atom is -0.493 e. The number of carbonyl (C=O) groups is 1. The van der Waals surface area contributed by atoms with Gasteiger partial charge >= 0.3 is 0 Å². The Morgan fingerprint density at radius 3 is 1.12 bits per heavy atom. The molecule has 0 radical (unpaired) electrons. The highest BCUT2D eigenvalue weighted by atomic mass is 32.2. The number of aromatic nitrogens is 7. The number of nitrogens with zero attached hydrogens (tertiary/aromatic N) is 14. The summed E-state index contributed by atoms with van der Waals surface area (Å²) in [4.78, 5) is 27.2. The average molecular weight is 2050 g/mol. The molecular weight excluding hydrogens is 1850 g/mol. The number of halogens is 2. The fourth-order valence-corrected chi connectivity index (χ4v) is 13.7. The maximum atomic E-state index is 11.5. The Labute approximate surface area is 876 Å². The zero-order valence-corrected chi connectivity index (χ0v) is 99.1. The summed E-state index contributed by atoms with van der Waals surface area (Å²) in [6.07, 6.45) is 14.2. The van der Waals surface area contributed by atoms with Gasteiger partial charge in [-0.25, -0.2) is 29.9 Å². The van der Waals surface area contributed by atoms with Crippen molar-refractivity contribution in [2.75, 3.05) is 161 Å². The number of sulfonamides is 2. The first-order valence-corrected chi connectivity index (χ1v) is 54.2. The Balaban J connectivity index is 0. The average Bonchev–Trinajstić information content (AvgIpc) is 1.58. The van der Waals surface area contributed by atoms with E-state index in [4.69, 9.17) is 23.7 Å². The number of carbonyl (C=O) groups excluding carboxylic acids is 1. The third kappa shape index (κ3) is 78.3. The molecule has 4 aromatic heterocycles. The Morgan fingerprint density at radius 1 is 0.431 bits per heavy atom. The summed E-state index contributed by atoms with van der Waals surface area (Å²) in [5.41, 5.74) is 9.97. The summed E-state index contributed by atoms with van der Waals surface area (Å²) < 4.78 is 102. The summed E-state index contributed by atoms with van der Waals surface area (Å²) in [6.45, 7) is 87.8. The predicted molar refractivity (Wildman–Crippen MR) is 607 cm³/mol. The topological polar surface area (TPSA) is 221 Å². The number of anilines is 3. The molecule has 9 heterocycles. The van der Waals surface area contributed by atoms with Gasteiger partial charge in [0.15, 0.2) is 11.5 Å². The lowest BCUT2D eigenvalue weighted by molar-refractivity contribution is -0.129. The van der Waals surface area contributed by atoms with Gasteiger partial charge in [-0.2, -0.15) is 19.6 Å². The van der Waals surface area contributed by atoms with Crippen LogP contribution in [0.5, 0.6) is 17.2 Å². The van der Waals surface area contributed by atoms with Gasteiger partial charge in [-0.15, -0.1) is 0 Å². The largest absolute Gasteiger partial charge is 0.493 e. The molecule has 0 N–H and O–H groups in total. The molecule has 5 aromatic carbocycles. The minimum absolute atomic E-state index is 0.183.